The first kappa shape index (κ1) is 43.3. The molecule has 0 saturated heterocycles. The Morgan fingerprint density at radius 1 is 0.673 bits per heavy atom. The Morgan fingerprint density at radius 3 is 1.59 bits per heavy atom. The highest BCUT2D eigenvalue weighted by molar-refractivity contribution is 5.85. The summed E-state index contributed by atoms with van der Waals surface area (Å²) in [7, 11) is 0. The molecule has 2 aliphatic carbocycles. The second-order valence-electron chi connectivity index (χ2n) is 14.1. The van der Waals surface area contributed by atoms with E-state index in [1.54, 1.807) is 13.8 Å². The second kappa shape index (κ2) is 20.1. The number of esters is 3. The van der Waals surface area contributed by atoms with Crippen molar-refractivity contribution >= 4 is 41.7 Å². The SMILES string of the molecule is CCC(C)(C)C(=O)OCC(O)COC(=O)C1CC(C(=O)O)CC(C(=O)O)C1.CCC(C)(C)C(=O)OCCNC(=O)C1CCCCC1C(=O)O. The highest BCUT2D eigenvalue weighted by Crippen LogP contribution is 2.35. The Kier molecular flexibility index (Phi) is 17.7. The Bertz CT molecular complexity index is 1140. The third kappa shape index (κ3) is 14.3. The largest absolute Gasteiger partial charge is 0.481 e. The fourth-order valence-corrected chi connectivity index (χ4v) is 5.30. The number of amides is 1. The van der Waals surface area contributed by atoms with Crippen LogP contribution in [0.4, 0.5) is 0 Å². The lowest BCUT2D eigenvalue weighted by Gasteiger charge is -2.29. The molecule has 2 aliphatic rings. The van der Waals surface area contributed by atoms with E-state index in [-0.39, 0.29) is 50.9 Å². The first-order chi connectivity index (χ1) is 22.8. The predicted molar refractivity (Wildman–Crippen MR) is 173 cm³/mol. The third-order valence-electron chi connectivity index (χ3n) is 9.49. The van der Waals surface area contributed by atoms with Crippen LogP contribution in [0.2, 0.25) is 0 Å². The van der Waals surface area contributed by atoms with Gasteiger partial charge in [0.1, 0.15) is 25.9 Å². The van der Waals surface area contributed by atoms with Crippen molar-refractivity contribution in [3.63, 3.8) is 0 Å². The number of rotatable bonds is 16. The minimum absolute atomic E-state index is 0.00623. The van der Waals surface area contributed by atoms with Gasteiger partial charge in [-0.05, 0) is 72.6 Å². The van der Waals surface area contributed by atoms with Crippen LogP contribution in [0.3, 0.4) is 0 Å². The highest BCUT2D eigenvalue weighted by atomic mass is 16.6. The molecule has 0 aromatic rings. The summed E-state index contributed by atoms with van der Waals surface area (Å²) in [4.78, 5) is 81.4. The molecular weight excluding hydrogens is 646 g/mol. The van der Waals surface area contributed by atoms with Crippen LogP contribution in [-0.4, -0.2) is 94.6 Å². The third-order valence-corrected chi connectivity index (χ3v) is 9.49. The first-order valence-corrected chi connectivity index (χ1v) is 16.9. The molecule has 1 amide bonds. The summed E-state index contributed by atoms with van der Waals surface area (Å²) in [6, 6.07) is 0. The van der Waals surface area contributed by atoms with E-state index in [4.69, 9.17) is 29.5 Å². The lowest BCUT2D eigenvalue weighted by molar-refractivity contribution is -0.162. The zero-order valence-corrected chi connectivity index (χ0v) is 29.5. The van der Waals surface area contributed by atoms with Gasteiger partial charge in [-0.1, -0.05) is 26.7 Å². The number of ether oxygens (including phenoxy) is 3. The van der Waals surface area contributed by atoms with Crippen molar-refractivity contribution < 1.29 is 68.2 Å². The fraction of sp³-hybridized carbons (Fsp3) is 0.794. The zero-order valence-electron chi connectivity index (χ0n) is 29.5. The lowest BCUT2D eigenvalue weighted by Crippen LogP contribution is -2.41. The number of hydrogen-bond acceptors (Lipinski definition) is 11. The van der Waals surface area contributed by atoms with Gasteiger partial charge in [0.25, 0.3) is 0 Å². The minimum atomic E-state index is -1.22. The van der Waals surface area contributed by atoms with Gasteiger partial charge < -0.3 is 40.0 Å². The molecule has 15 heteroatoms. The van der Waals surface area contributed by atoms with E-state index in [9.17, 15) is 38.7 Å². The molecule has 5 N–H and O–H groups in total. The quantitative estimate of drug-likeness (QED) is 0.0883. The van der Waals surface area contributed by atoms with E-state index < -0.39 is 83.0 Å². The number of nitrogens with one attached hydrogen (secondary N) is 1. The molecule has 0 aromatic carbocycles. The van der Waals surface area contributed by atoms with Crippen molar-refractivity contribution in [1.82, 2.24) is 5.32 Å². The van der Waals surface area contributed by atoms with Crippen molar-refractivity contribution in [1.29, 1.82) is 0 Å². The smallest absolute Gasteiger partial charge is 0.311 e. The Balaban J connectivity index is 0.000000500. The van der Waals surface area contributed by atoms with E-state index in [0.29, 0.717) is 25.7 Å². The fourth-order valence-electron chi connectivity index (χ4n) is 5.30. The Labute approximate surface area is 287 Å². The number of aliphatic hydroxyl groups excluding tert-OH is 1. The van der Waals surface area contributed by atoms with Gasteiger partial charge in [-0.3, -0.25) is 33.6 Å². The van der Waals surface area contributed by atoms with Gasteiger partial charge in [0.15, 0.2) is 0 Å². The molecular formula is C34H55NO14. The standard InChI is InChI=1S/C18H28O9.C16H27NO5/c1-4-18(2,3)17(25)27-9-13(19)8-26-16(24)12-6-10(14(20)21)5-11(7-12)15(22)23;1-4-16(2,3)15(21)22-10-9-17-13(18)11-7-5-6-8-12(11)14(19)20/h10-13,19H,4-9H2,1-3H3,(H,20,21)(H,22,23);11-12H,4-10H2,1-3H3,(H,17,18)(H,19,20). The van der Waals surface area contributed by atoms with Crippen LogP contribution in [0.25, 0.3) is 0 Å². The van der Waals surface area contributed by atoms with Crippen LogP contribution in [0.15, 0.2) is 0 Å². The molecule has 0 spiro atoms. The average Bonchev–Trinajstić information content (AvgIpc) is 3.07. The summed E-state index contributed by atoms with van der Waals surface area (Å²) >= 11 is 0. The number of aliphatic hydroxyl groups is 1. The van der Waals surface area contributed by atoms with E-state index >= 15 is 0 Å². The molecule has 0 aromatic heterocycles. The number of carboxylic acid groups (broad SMARTS) is 3. The van der Waals surface area contributed by atoms with E-state index in [1.807, 2.05) is 27.7 Å². The maximum absolute atomic E-state index is 12.2. The van der Waals surface area contributed by atoms with Gasteiger partial charge in [0.2, 0.25) is 5.91 Å². The van der Waals surface area contributed by atoms with Gasteiger partial charge in [-0.25, -0.2) is 0 Å². The first-order valence-electron chi connectivity index (χ1n) is 16.9. The second-order valence-corrected chi connectivity index (χ2v) is 14.1. The topological polar surface area (TPSA) is 240 Å². The summed E-state index contributed by atoms with van der Waals surface area (Å²) in [6.45, 7) is 10.4. The van der Waals surface area contributed by atoms with Crippen LogP contribution >= 0.6 is 0 Å². The minimum Gasteiger partial charge on any atom is -0.481 e. The van der Waals surface area contributed by atoms with Gasteiger partial charge in [-0.2, -0.15) is 0 Å². The Hall–Kier alpha value is -3.75. The Morgan fingerprint density at radius 2 is 1.12 bits per heavy atom. The molecule has 0 radical (unpaired) electrons. The van der Waals surface area contributed by atoms with Crippen molar-refractivity contribution in [3.8, 4) is 0 Å². The van der Waals surface area contributed by atoms with E-state index in [1.165, 1.54) is 0 Å². The molecule has 0 bridgehead atoms. The van der Waals surface area contributed by atoms with Gasteiger partial charge in [0, 0.05) is 0 Å². The van der Waals surface area contributed by atoms with Crippen molar-refractivity contribution in [2.75, 3.05) is 26.4 Å². The molecule has 49 heavy (non-hydrogen) atoms. The van der Waals surface area contributed by atoms with Gasteiger partial charge >= 0.3 is 35.8 Å². The normalized spacial score (nSPS) is 23.0. The molecule has 15 nitrogen and oxygen atoms in total. The molecule has 5 unspecified atom stereocenters. The summed E-state index contributed by atoms with van der Waals surface area (Å²) in [5.74, 6) is -8.78. The summed E-state index contributed by atoms with van der Waals surface area (Å²) in [5.41, 5.74) is -1.21. The van der Waals surface area contributed by atoms with Crippen LogP contribution in [-0.2, 0) is 47.8 Å². The van der Waals surface area contributed by atoms with Gasteiger partial charge in [-0.15, -0.1) is 0 Å². The number of carbonyl (C=O) groups excluding carboxylic acids is 4. The molecule has 5 atom stereocenters. The van der Waals surface area contributed by atoms with E-state index in [0.717, 1.165) is 12.8 Å². The predicted octanol–water partition coefficient (Wildman–Crippen LogP) is 3.04. The maximum atomic E-state index is 12.2. The molecule has 2 rings (SSSR count). The molecule has 0 heterocycles. The number of hydrogen-bond donors (Lipinski definition) is 5. The number of carbonyl (C=O) groups is 7. The van der Waals surface area contributed by atoms with Crippen LogP contribution in [0.5, 0.6) is 0 Å². The summed E-state index contributed by atoms with van der Waals surface area (Å²) in [6.07, 6.45) is 2.86. The average molecular weight is 702 g/mol. The summed E-state index contributed by atoms with van der Waals surface area (Å²) < 4.78 is 15.1. The van der Waals surface area contributed by atoms with Crippen molar-refractivity contribution in [2.24, 2.45) is 40.4 Å². The molecule has 280 valence electrons. The molecule has 0 aliphatic heterocycles. The summed E-state index contributed by atoms with van der Waals surface area (Å²) in [5, 5.41) is 39.9. The van der Waals surface area contributed by atoms with Crippen LogP contribution in [0.1, 0.15) is 99.3 Å². The molecule has 2 fully saturated rings. The maximum Gasteiger partial charge on any atom is 0.311 e. The number of carboxylic acids is 3. The van der Waals surface area contributed by atoms with Crippen molar-refractivity contribution in [3.05, 3.63) is 0 Å². The van der Waals surface area contributed by atoms with Gasteiger partial charge in [0.05, 0.1) is 47.0 Å². The molecule has 2 saturated carbocycles. The van der Waals surface area contributed by atoms with Crippen LogP contribution < -0.4 is 5.32 Å². The number of aliphatic carboxylic acids is 3. The monoisotopic (exact) mass is 701 g/mol. The van der Waals surface area contributed by atoms with Crippen LogP contribution in [0, 0.1) is 40.4 Å². The highest BCUT2D eigenvalue weighted by Gasteiger charge is 2.40. The lowest BCUT2D eigenvalue weighted by atomic mass is 9.75. The van der Waals surface area contributed by atoms with Crippen molar-refractivity contribution in [2.45, 2.75) is 105 Å². The van der Waals surface area contributed by atoms with E-state index in [2.05, 4.69) is 5.32 Å². The zero-order chi connectivity index (χ0) is 37.5.